The minimum Gasteiger partial charge on any atom is -0.481 e. The summed E-state index contributed by atoms with van der Waals surface area (Å²) in [6.07, 6.45) is 0.416. The maximum atomic E-state index is 14.5. The average Bonchev–Trinajstić information content (AvgIpc) is 2.53. The predicted octanol–water partition coefficient (Wildman–Crippen LogP) is 3.79. The van der Waals surface area contributed by atoms with Crippen LogP contribution in [0.2, 0.25) is 0 Å². The number of carboxylic acids is 1. The van der Waals surface area contributed by atoms with E-state index in [4.69, 9.17) is 0 Å². The Morgan fingerprint density at radius 2 is 1.83 bits per heavy atom. The third kappa shape index (κ3) is 3.77. The zero-order valence-electron chi connectivity index (χ0n) is 13.7. The van der Waals surface area contributed by atoms with Crippen molar-refractivity contribution in [2.75, 3.05) is 20.6 Å². The first-order valence-corrected chi connectivity index (χ1v) is 7.58. The molecule has 1 atom stereocenters. The molecule has 0 radical (unpaired) electrons. The van der Waals surface area contributed by atoms with Crippen LogP contribution in [-0.4, -0.2) is 36.6 Å². The standard InChI is InChI=1S/C19H22FNO2/c1-19(18(22)23,11-12-21(2)3)15-9-10-16(17(20)13-15)14-7-5-4-6-8-14/h4-10,13H,11-12H2,1-3H3,(H,22,23)/t19-/m0/s1. The normalized spacial score (nSPS) is 13.8. The van der Waals surface area contributed by atoms with E-state index in [0.29, 0.717) is 24.1 Å². The second-order valence-electron chi connectivity index (χ2n) is 6.25. The molecule has 0 heterocycles. The molecule has 0 aromatic heterocycles. The van der Waals surface area contributed by atoms with Gasteiger partial charge in [-0.2, -0.15) is 0 Å². The predicted molar refractivity (Wildman–Crippen MR) is 90.0 cm³/mol. The van der Waals surface area contributed by atoms with Crippen LogP contribution in [0.4, 0.5) is 4.39 Å². The third-order valence-electron chi connectivity index (χ3n) is 4.22. The highest BCUT2D eigenvalue weighted by Gasteiger charge is 2.35. The summed E-state index contributed by atoms with van der Waals surface area (Å²) in [6.45, 7) is 2.26. The highest BCUT2D eigenvalue weighted by Crippen LogP contribution is 2.32. The van der Waals surface area contributed by atoms with Crippen molar-refractivity contribution in [2.45, 2.75) is 18.8 Å². The summed E-state index contributed by atoms with van der Waals surface area (Å²) >= 11 is 0. The molecule has 23 heavy (non-hydrogen) atoms. The summed E-state index contributed by atoms with van der Waals surface area (Å²) in [5.41, 5.74) is 0.640. The molecule has 2 aromatic rings. The van der Waals surface area contributed by atoms with E-state index in [2.05, 4.69) is 0 Å². The molecule has 2 rings (SSSR count). The van der Waals surface area contributed by atoms with Gasteiger partial charge in [-0.25, -0.2) is 4.39 Å². The lowest BCUT2D eigenvalue weighted by atomic mass is 9.79. The van der Waals surface area contributed by atoms with Crippen LogP contribution in [0.25, 0.3) is 11.1 Å². The van der Waals surface area contributed by atoms with Crippen molar-refractivity contribution in [3.8, 4) is 11.1 Å². The van der Waals surface area contributed by atoms with Crippen LogP contribution >= 0.6 is 0 Å². The summed E-state index contributed by atoms with van der Waals surface area (Å²) in [6, 6.07) is 14.0. The van der Waals surface area contributed by atoms with Gasteiger partial charge < -0.3 is 10.0 Å². The lowest BCUT2D eigenvalue weighted by molar-refractivity contribution is -0.143. The van der Waals surface area contributed by atoms with E-state index in [1.54, 1.807) is 19.1 Å². The largest absolute Gasteiger partial charge is 0.481 e. The van der Waals surface area contributed by atoms with E-state index in [9.17, 15) is 14.3 Å². The fourth-order valence-electron chi connectivity index (χ4n) is 2.53. The number of hydrogen-bond donors (Lipinski definition) is 1. The number of nitrogens with zero attached hydrogens (tertiary/aromatic N) is 1. The maximum absolute atomic E-state index is 14.5. The molecule has 0 saturated heterocycles. The van der Waals surface area contributed by atoms with Crippen LogP contribution < -0.4 is 0 Å². The number of benzene rings is 2. The van der Waals surface area contributed by atoms with Crippen molar-refractivity contribution in [1.82, 2.24) is 4.90 Å². The van der Waals surface area contributed by atoms with E-state index < -0.39 is 17.2 Å². The van der Waals surface area contributed by atoms with Gasteiger partial charge in [-0.3, -0.25) is 4.79 Å². The maximum Gasteiger partial charge on any atom is 0.313 e. The van der Waals surface area contributed by atoms with Crippen molar-refractivity contribution in [1.29, 1.82) is 0 Å². The van der Waals surface area contributed by atoms with E-state index >= 15 is 0 Å². The van der Waals surface area contributed by atoms with E-state index in [0.717, 1.165) is 5.56 Å². The van der Waals surface area contributed by atoms with E-state index in [1.165, 1.54) is 6.07 Å². The van der Waals surface area contributed by atoms with Gasteiger partial charge in [0.15, 0.2) is 0 Å². The Bertz CT molecular complexity index is 685. The van der Waals surface area contributed by atoms with E-state index in [1.807, 2.05) is 49.3 Å². The molecule has 0 aliphatic heterocycles. The monoisotopic (exact) mass is 315 g/mol. The van der Waals surface area contributed by atoms with Crippen molar-refractivity contribution >= 4 is 5.97 Å². The minimum atomic E-state index is -1.11. The van der Waals surface area contributed by atoms with Crippen molar-refractivity contribution in [2.24, 2.45) is 0 Å². The number of aliphatic carboxylic acids is 1. The third-order valence-corrected chi connectivity index (χ3v) is 4.22. The van der Waals surface area contributed by atoms with E-state index in [-0.39, 0.29) is 0 Å². The first-order valence-electron chi connectivity index (χ1n) is 7.58. The lowest BCUT2D eigenvalue weighted by Gasteiger charge is -2.27. The first kappa shape index (κ1) is 17.2. The van der Waals surface area contributed by atoms with Gasteiger partial charge in [-0.1, -0.05) is 42.5 Å². The van der Waals surface area contributed by atoms with Crippen molar-refractivity contribution < 1.29 is 14.3 Å². The van der Waals surface area contributed by atoms with Gasteiger partial charge >= 0.3 is 5.97 Å². The van der Waals surface area contributed by atoms with Crippen molar-refractivity contribution in [3.05, 3.63) is 59.9 Å². The molecule has 0 aliphatic carbocycles. The minimum absolute atomic E-state index is 0.397. The average molecular weight is 315 g/mol. The molecular weight excluding hydrogens is 293 g/mol. The summed E-state index contributed by atoms with van der Waals surface area (Å²) in [5, 5.41) is 9.64. The number of halogens is 1. The number of carboxylic acid groups (broad SMARTS) is 1. The SMILES string of the molecule is CN(C)CC[C@](C)(C(=O)O)c1ccc(-c2ccccc2)c(F)c1. The summed E-state index contributed by atoms with van der Waals surface area (Å²) in [7, 11) is 3.78. The van der Waals surface area contributed by atoms with Crippen LogP contribution in [0, 0.1) is 5.82 Å². The van der Waals surface area contributed by atoms with Gasteiger partial charge in [0.2, 0.25) is 0 Å². The summed E-state index contributed by atoms with van der Waals surface area (Å²) < 4.78 is 14.5. The smallest absolute Gasteiger partial charge is 0.313 e. The highest BCUT2D eigenvalue weighted by molar-refractivity contribution is 5.81. The molecule has 0 spiro atoms. The Labute approximate surface area is 136 Å². The molecule has 3 nitrogen and oxygen atoms in total. The van der Waals surface area contributed by atoms with Gasteiger partial charge in [0.05, 0.1) is 5.41 Å². The molecule has 2 aromatic carbocycles. The van der Waals surface area contributed by atoms with Crippen LogP contribution in [0.1, 0.15) is 18.9 Å². The van der Waals surface area contributed by atoms with Gasteiger partial charge in [0.25, 0.3) is 0 Å². The zero-order valence-corrected chi connectivity index (χ0v) is 13.7. The number of rotatable bonds is 6. The Morgan fingerprint density at radius 3 is 2.35 bits per heavy atom. The lowest BCUT2D eigenvalue weighted by Crippen LogP contribution is -2.35. The molecular formula is C19H22FNO2. The Morgan fingerprint density at radius 1 is 1.17 bits per heavy atom. The van der Waals surface area contributed by atoms with Gasteiger partial charge in [0, 0.05) is 5.56 Å². The molecule has 122 valence electrons. The fourth-order valence-corrected chi connectivity index (χ4v) is 2.53. The molecule has 0 saturated carbocycles. The summed E-state index contributed by atoms with van der Waals surface area (Å²) in [4.78, 5) is 13.7. The molecule has 0 amide bonds. The highest BCUT2D eigenvalue weighted by atomic mass is 19.1. The van der Waals surface area contributed by atoms with Crippen LogP contribution in [0.5, 0.6) is 0 Å². The van der Waals surface area contributed by atoms with Crippen LogP contribution in [0.15, 0.2) is 48.5 Å². The molecule has 0 bridgehead atoms. The quantitative estimate of drug-likeness (QED) is 0.882. The summed E-state index contributed by atoms with van der Waals surface area (Å²) in [5.74, 6) is -1.34. The molecule has 0 fully saturated rings. The number of carbonyl (C=O) groups is 1. The second kappa shape index (κ2) is 6.92. The first-order chi connectivity index (χ1) is 10.8. The van der Waals surface area contributed by atoms with Crippen LogP contribution in [-0.2, 0) is 10.2 Å². The van der Waals surface area contributed by atoms with Gasteiger partial charge in [0.1, 0.15) is 5.82 Å². The molecule has 0 aliphatic rings. The van der Waals surface area contributed by atoms with Gasteiger partial charge in [-0.05, 0) is 51.2 Å². The topological polar surface area (TPSA) is 40.5 Å². The number of hydrogen-bond acceptors (Lipinski definition) is 2. The molecule has 0 unspecified atom stereocenters. The Hall–Kier alpha value is -2.20. The second-order valence-corrected chi connectivity index (χ2v) is 6.25. The zero-order chi connectivity index (χ0) is 17.0. The van der Waals surface area contributed by atoms with Gasteiger partial charge in [-0.15, -0.1) is 0 Å². The Balaban J connectivity index is 2.39. The Kier molecular flexibility index (Phi) is 5.16. The molecule has 1 N–H and O–H groups in total. The van der Waals surface area contributed by atoms with Crippen LogP contribution in [0.3, 0.4) is 0 Å². The fraction of sp³-hybridized carbons (Fsp3) is 0.316. The van der Waals surface area contributed by atoms with Crippen molar-refractivity contribution in [3.63, 3.8) is 0 Å². The molecule has 4 heteroatoms.